The first kappa shape index (κ1) is 15.2. The number of nitrogens with one attached hydrogen (secondary N) is 1. The van der Waals surface area contributed by atoms with Crippen molar-refractivity contribution in [1.29, 1.82) is 0 Å². The quantitative estimate of drug-likeness (QED) is 0.630. The van der Waals surface area contributed by atoms with Crippen LogP contribution in [0.25, 0.3) is 0 Å². The summed E-state index contributed by atoms with van der Waals surface area (Å²) in [6, 6.07) is 0.540. The van der Waals surface area contributed by atoms with Crippen molar-refractivity contribution in [2.45, 2.75) is 25.0 Å². The number of likely N-dealkylation sites (N-methyl/N-ethyl adjacent to an activating group) is 2. The second kappa shape index (κ2) is 7.55. The summed E-state index contributed by atoms with van der Waals surface area (Å²) in [5, 5.41) is 13.2. The van der Waals surface area contributed by atoms with Crippen LogP contribution >= 0.6 is 0 Å². The van der Waals surface area contributed by atoms with Gasteiger partial charge in [-0.3, -0.25) is 4.90 Å². The van der Waals surface area contributed by atoms with E-state index in [1.54, 1.807) is 0 Å². The van der Waals surface area contributed by atoms with Gasteiger partial charge in [0.2, 0.25) is 0 Å². The third-order valence-corrected chi connectivity index (χ3v) is 4.10. The molecule has 0 aromatic carbocycles. The Morgan fingerprint density at radius 2 is 2.11 bits per heavy atom. The Balaban J connectivity index is 1.51. The first-order chi connectivity index (χ1) is 9.15. The summed E-state index contributed by atoms with van der Waals surface area (Å²) in [5.41, 5.74) is 0. The monoisotopic (exact) mass is 271 g/mol. The predicted octanol–water partition coefficient (Wildman–Crippen LogP) is -0.391. The molecule has 2 aliphatic rings. The van der Waals surface area contributed by atoms with Gasteiger partial charge in [-0.05, 0) is 32.9 Å². The van der Waals surface area contributed by atoms with Crippen molar-refractivity contribution >= 4 is 0 Å². The summed E-state index contributed by atoms with van der Waals surface area (Å²) in [4.78, 5) is 4.75. The molecular weight excluding hydrogens is 242 g/mol. The first-order valence-electron chi connectivity index (χ1n) is 7.50. The van der Waals surface area contributed by atoms with Crippen LogP contribution in [0.5, 0.6) is 0 Å². The van der Waals surface area contributed by atoms with Crippen LogP contribution in [0.3, 0.4) is 0 Å². The predicted molar refractivity (Wildman–Crippen MR) is 76.3 cm³/mol. The minimum atomic E-state index is -0.384. The van der Waals surface area contributed by atoms with Crippen molar-refractivity contribution in [3.05, 3.63) is 0 Å². The van der Waals surface area contributed by atoms with Crippen molar-refractivity contribution in [2.75, 3.05) is 60.0 Å². The summed E-state index contributed by atoms with van der Waals surface area (Å²) >= 11 is 0. The first-order valence-corrected chi connectivity index (χ1v) is 7.50. The van der Waals surface area contributed by atoms with E-state index in [1.165, 1.54) is 12.8 Å². The van der Waals surface area contributed by atoms with Gasteiger partial charge in [0.1, 0.15) is 0 Å². The Kier molecular flexibility index (Phi) is 6.04. The number of rotatable bonds is 8. The number of aliphatic hydroxyl groups excluding tert-OH is 1. The van der Waals surface area contributed by atoms with E-state index in [2.05, 4.69) is 29.2 Å². The second-order valence-electron chi connectivity index (χ2n) is 6.19. The maximum atomic E-state index is 9.82. The molecule has 5 heteroatoms. The lowest BCUT2D eigenvalue weighted by Gasteiger charge is -2.37. The van der Waals surface area contributed by atoms with Gasteiger partial charge in [-0.2, -0.15) is 0 Å². The van der Waals surface area contributed by atoms with Gasteiger partial charge < -0.3 is 20.1 Å². The van der Waals surface area contributed by atoms with Crippen LogP contribution < -0.4 is 5.32 Å². The zero-order valence-corrected chi connectivity index (χ0v) is 12.3. The standard InChI is InChI=1S/C14H29N3O2/c1-16-5-6-17(2)13(9-16)7-15-8-14(18)11-19-10-12-3-4-12/h12-15,18H,3-11H2,1-2H3. The molecule has 2 N–H and O–H groups in total. The zero-order chi connectivity index (χ0) is 13.7. The fraction of sp³-hybridized carbons (Fsp3) is 1.00. The summed E-state index contributed by atoms with van der Waals surface area (Å²) in [6.07, 6.45) is 2.22. The van der Waals surface area contributed by atoms with Crippen molar-refractivity contribution in [3.63, 3.8) is 0 Å². The second-order valence-corrected chi connectivity index (χ2v) is 6.19. The largest absolute Gasteiger partial charge is 0.389 e. The highest BCUT2D eigenvalue weighted by atomic mass is 16.5. The van der Waals surface area contributed by atoms with Gasteiger partial charge in [0.15, 0.2) is 0 Å². The van der Waals surface area contributed by atoms with E-state index >= 15 is 0 Å². The van der Waals surface area contributed by atoms with Crippen molar-refractivity contribution in [1.82, 2.24) is 15.1 Å². The van der Waals surface area contributed by atoms with Gasteiger partial charge in [-0.1, -0.05) is 0 Å². The maximum absolute atomic E-state index is 9.82. The average molecular weight is 271 g/mol. The number of ether oxygens (including phenoxy) is 1. The molecule has 0 aromatic rings. The van der Waals surface area contributed by atoms with Crippen molar-refractivity contribution < 1.29 is 9.84 Å². The van der Waals surface area contributed by atoms with Gasteiger partial charge in [0, 0.05) is 45.4 Å². The molecule has 1 heterocycles. The lowest BCUT2D eigenvalue weighted by Crippen LogP contribution is -2.54. The van der Waals surface area contributed by atoms with Crippen LogP contribution in [0.15, 0.2) is 0 Å². The highest BCUT2D eigenvalue weighted by Gasteiger charge is 2.23. The number of aliphatic hydroxyl groups is 1. The van der Waals surface area contributed by atoms with Gasteiger partial charge in [0.05, 0.1) is 12.7 Å². The molecule has 1 saturated heterocycles. The minimum Gasteiger partial charge on any atom is -0.389 e. The lowest BCUT2D eigenvalue weighted by atomic mass is 10.2. The van der Waals surface area contributed by atoms with E-state index in [-0.39, 0.29) is 6.10 Å². The summed E-state index contributed by atoms with van der Waals surface area (Å²) < 4.78 is 5.49. The minimum absolute atomic E-state index is 0.384. The molecule has 0 amide bonds. The fourth-order valence-electron chi connectivity index (χ4n) is 2.45. The molecule has 19 heavy (non-hydrogen) atoms. The van der Waals surface area contributed by atoms with Crippen LogP contribution in [0.2, 0.25) is 0 Å². The van der Waals surface area contributed by atoms with Crippen LogP contribution in [0.4, 0.5) is 0 Å². The van der Waals surface area contributed by atoms with E-state index < -0.39 is 0 Å². The highest BCUT2D eigenvalue weighted by molar-refractivity contribution is 4.80. The third kappa shape index (κ3) is 5.75. The third-order valence-electron chi connectivity index (χ3n) is 4.10. The van der Waals surface area contributed by atoms with Crippen LogP contribution in [0.1, 0.15) is 12.8 Å². The van der Waals surface area contributed by atoms with Gasteiger partial charge in [-0.15, -0.1) is 0 Å². The molecule has 112 valence electrons. The Bertz CT molecular complexity index is 261. The highest BCUT2D eigenvalue weighted by Crippen LogP contribution is 2.28. The molecule has 2 rings (SSSR count). The van der Waals surface area contributed by atoms with Crippen LogP contribution in [-0.2, 0) is 4.74 Å². The molecular formula is C14H29N3O2. The Labute approximate surface area is 116 Å². The summed E-state index contributed by atoms with van der Waals surface area (Å²) in [5.74, 6) is 0.770. The number of hydrogen-bond acceptors (Lipinski definition) is 5. The zero-order valence-electron chi connectivity index (χ0n) is 12.3. The normalized spacial score (nSPS) is 27.6. The molecule has 5 nitrogen and oxygen atoms in total. The molecule has 0 aromatic heterocycles. The smallest absolute Gasteiger partial charge is 0.0897 e. The molecule has 0 spiro atoms. The van der Waals surface area contributed by atoms with Gasteiger partial charge in [-0.25, -0.2) is 0 Å². The van der Waals surface area contributed by atoms with E-state index in [9.17, 15) is 5.11 Å². The summed E-state index contributed by atoms with van der Waals surface area (Å²) in [6.45, 7) is 6.20. The number of piperazine rings is 1. The molecule has 1 aliphatic carbocycles. The topological polar surface area (TPSA) is 48.0 Å². The summed E-state index contributed by atoms with van der Waals surface area (Å²) in [7, 11) is 4.34. The molecule has 1 saturated carbocycles. The van der Waals surface area contributed by atoms with Crippen molar-refractivity contribution in [3.8, 4) is 0 Å². The fourth-order valence-corrected chi connectivity index (χ4v) is 2.45. The van der Waals surface area contributed by atoms with E-state index in [1.807, 2.05) is 0 Å². The Morgan fingerprint density at radius 3 is 2.84 bits per heavy atom. The Hall–Kier alpha value is -0.200. The lowest BCUT2D eigenvalue weighted by molar-refractivity contribution is 0.0307. The maximum Gasteiger partial charge on any atom is 0.0897 e. The molecule has 2 fully saturated rings. The average Bonchev–Trinajstić information content (AvgIpc) is 3.18. The van der Waals surface area contributed by atoms with Crippen LogP contribution in [-0.4, -0.2) is 87.1 Å². The van der Waals surface area contributed by atoms with E-state index in [0.29, 0.717) is 19.2 Å². The van der Waals surface area contributed by atoms with Crippen molar-refractivity contribution in [2.24, 2.45) is 5.92 Å². The molecule has 2 atom stereocenters. The van der Waals surface area contributed by atoms with Gasteiger partial charge >= 0.3 is 0 Å². The van der Waals surface area contributed by atoms with Gasteiger partial charge in [0.25, 0.3) is 0 Å². The SMILES string of the molecule is CN1CCN(C)C(CNCC(O)COCC2CC2)C1. The van der Waals surface area contributed by atoms with Crippen LogP contribution in [0, 0.1) is 5.92 Å². The number of nitrogens with zero attached hydrogens (tertiary/aromatic N) is 2. The molecule has 1 aliphatic heterocycles. The molecule has 2 unspecified atom stereocenters. The van der Waals surface area contributed by atoms with E-state index in [4.69, 9.17) is 4.74 Å². The number of hydrogen-bond donors (Lipinski definition) is 2. The van der Waals surface area contributed by atoms with E-state index in [0.717, 1.165) is 38.7 Å². The molecule has 0 bridgehead atoms. The molecule has 0 radical (unpaired) electrons. The Morgan fingerprint density at radius 1 is 1.32 bits per heavy atom.